The number of phenolic OH excluding ortho intramolecular Hbond substituents is 2. The van der Waals surface area contributed by atoms with Gasteiger partial charge in [-0.15, -0.1) is 11.3 Å². The average Bonchev–Trinajstić information content (AvgIpc) is 3.28. The maximum Gasteiger partial charge on any atom is 0.416 e. The molecule has 3 nitrogen and oxygen atoms in total. The summed E-state index contributed by atoms with van der Waals surface area (Å²) < 4.78 is 69.5. The molecule has 0 saturated heterocycles. The number of hydrogen-bond acceptors (Lipinski definition) is 4. The van der Waals surface area contributed by atoms with Gasteiger partial charge in [-0.3, -0.25) is 0 Å². The number of nitriles is 1. The Hall–Kier alpha value is -3.38. The summed E-state index contributed by atoms with van der Waals surface area (Å²) in [5, 5.41) is 30.3. The van der Waals surface area contributed by atoms with Crippen molar-refractivity contribution in [1.82, 2.24) is 0 Å². The zero-order chi connectivity index (χ0) is 21.8. The van der Waals surface area contributed by atoms with Gasteiger partial charge in [0.1, 0.15) is 16.7 Å². The van der Waals surface area contributed by atoms with Crippen molar-refractivity contribution in [1.29, 1.82) is 5.26 Å². The standard InChI is InChI=1S/C21H10F5NO2S/c22-19-10(1-2-16(29)20(19)23)14-7-12-13(5-9(28)6-15(12)21(24,25)26)18(14)11-3-4-30-17(11)8-27/h1-6,28-29H,7H2. The highest BCUT2D eigenvalue weighted by atomic mass is 32.1. The fourth-order valence-corrected chi connectivity index (χ4v) is 4.34. The molecule has 0 spiro atoms. The van der Waals surface area contributed by atoms with Crippen molar-refractivity contribution in [3.05, 3.63) is 80.0 Å². The zero-order valence-electron chi connectivity index (χ0n) is 14.8. The minimum absolute atomic E-state index is 0.0138. The molecule has 0 amide bonds. The number of fused-ring (bicyclic) bond motifs is 1. The highest BCUT2D eigenvalue weighted by Gasteiger charge is 2.39. The van der Waals surface area contributed by atoms with E-state index in [-0.39, 0.29) is 38.3 Å². The number of halogens is 5. The van der Waals surface area contributed by atoms with Crippen LogP contribution in [0.1, 0.15) is 32.7 Å². The number of phenols is 2. The van der Waals surface area contributed by atoms with Crippen molar-refractivity contribution >= 4 is 22.5 Å². The van der Waals surface area contributed by atoms with Gasteiger partial charge in [0.25, 0.3) is 0 Å². The molecule has 0 saturated carbocycles. The monoisotopic (exact) mass is 435 g/mol. The summed E-state index contributed by atoms with van der Waals surface area (Å²) >= 11 is 1.04. The third kappa shape index (κ3) is 3.00. The van der Waals surface area contributed by atoms with E-state index < -0.39 is 41.3 Å². The van der Waals surface area contributed by atoms with Crippen LogP contribution in [-0.4, -0.2) is 10.2 Å². The lowest BCUT2D eigenvalue weighted by molar-refractivity contribution is -0.138. The molecule has 0 unspecified atom stereocenters. The Morgan fingerprint density at radius 3 is 2.37 bits per heavy atom. The van der Waals surface area contributed by atoms with Crippen molar-refractivity contribution < 1.29 is 32.2 Å². The average molecular weight is 435 g/mol. The van der Waals surface area contributed by atoms with Crippen LogP contribution in [0.5, 0.6) is 11.5 Å². The number of rotatable bonds is 2. The van der Waals surface area contributed by atoms with Gasteiger partial charge in [0, 0.05) is 11.1 Å². The minimum Gasteiger partial charge on any atom is -0.508 e. The van der Waals surface area contributed by atoms with Crippen LogP contribution in [0.3, 0.4) is 0 Å². The topological polar surface area (TPSA) is 64.2 Å². The summed E-state index contributed by atoms with van der Waals surface area (Å²) in [6.45, 7) is 0. The Balaban J connectivity index is 2.09. The van der Waals surface area contributed by atoms with Crippen molar-refractivity contribution in [2.24, 2.45) is 0 Å². The summed E-state index contributed by atoms with van der Waals surface area (Å²) in [5.74, 6) is -4.52. The molecule has 1 aliphatic rings. The zero-order valence-corrected chi connectivity index (χ0v) is 15.6. The Morgan fingerprint density at radius 1 is 0.967 bits per heavy atom. The quantitative estimate of drug-likeness (QED) is 0.497. The number of aromatic hydroxyl groups is 2. The summed E-state index contributed by atoms with van der Waals surface area (Å²) in [4.78, 5) is 0.173. The molecule has 4 rings (SSSR count). The Labute approximate surface area is 170 Å². The molecule has 30 heavy (non-hydrogen) atoms. The number of benzene rings is 2. The maximum absolute atomic E-state index is 14.6. The SMILES string of the molecule is N#Cc1sccc1C1=C(c2ccc(O)c(F)c2F)Cc2c1cc(O)cc2C(F)(F)F. The third-order valence-electron chi connectivity index (χ3n) is 4.89. The van der Waals surface area contributed by atoms with E-state index >= 15 is 0 Å². The number of alkyl halides is 3. The van der Waals surface area contributed by atoms with Crippen LogP contribution < -0.4 is 0 Å². The van der Waals surface area contributed by atoms with E-state index in [4.69, 9.17) is 0 Å². The lowest BCUT2D eigenvalue weighted by atomic mass is 9.94. The van der Waals surface area contributed by atoms with Crippen molar-refractivity contribution in [2.75, 3.05) is 0 Å². The van der Waals surface area contributed by atoms with Gasteiger partial charge in [-0.25, -0.2) is 4.39 Å². The molecule has 0 bridgehead atoms. The molecule has 0 fully saturated rings. The van der Waals surface area contributed by atoms with E-state index in [1.54, 1.807) is 5.38 Å². The smallest absolute Gasteiger partial charge is 0.416 e. The molecule has 1 aliphatic carbocycles. The predicted octanol–water partition coefficient (Wildman–Crippen LogP) is 5.84. The van der Waals surface area contributed by atoms with E-state index in [0.717, 1.165) is 29.5 Å². The van der Waals surface area contributed by atoms with Crippen LogP contribution in [0.15, 0.2) is 35.7 Å². The summed E-state index contributed by atoms with van der Waals surface area (Å²) in [7, 11) is 0. The third-order valence-corrected chi connectivity index (χ3v) is 5.71. The van der Waals surface area contributed by atoms with Crippen molar-refractivity contribution in [2.45, 2.75) is 12.6 Å². The Bertz CT molecular complexity index is 1270. The van der Waals surface area contributed by atoms with E-state index in [9.17, 15) is 37.4 Å². The molecule has 0 atom stereocenters. The first kappa shape index (κ1) is 19.9. The van der Waals surface area contributed by atoms with Gasteiger partial charge in [0.05, 0.1) is 5.56 Å². The molecule has 0 aliphatic heterocycles. The van der Waals surface area contributed by atoms with Crippen molar-refractivity contribution in [3.8, 4) is 17.6 Å². The second kappa shape index (κ2) is 6.85. The van der Waals surface area contributed by atoms with Gasteiger partial charge in [-0.1, -0.05) is 0 Å². The van der Waals surface area contributed by atoms with Gasteiger partial charge in [0.15, 0.2) is 11.6 Å². The second-order valence-electron chi connectivity index (χ2n) is 6.58. The van der Waals surface area contributed by atoms with E-state index in [2.05, 4.69) is 0 Å². The van der Waals surface area contributed by atoms with Crippen LogP contribution in [0.25, 0.3) is 11.1 Å². The van der Waals surface area contributed by atoms with Crippen LogP contribution >= 0.6 is 11.3 Å². The van der Waals surface area contributed by atoms with Crippen LogP contribution in [0.4, 0.5) is 22.0 Å². The van der Waals surface area contributed by atoms with Gasteiger partial charge in [-0.05, 0) is 64.4 Å². The largest absolute Gasteiger partial charge is 0.508 e. The van der Waals surface area contributed by atoms with Crippen LogP contribution in [0, 0.1) is 23.0 Å². The van der Waals surface area contributed by atoms with Gasteiger partial charge < -0.3 is 10.2 Å². The summed E-state index contributed by atoms with van der Waals surface area (Å²) in [6, 6.07) is 7.10. The first-order valence-electron chi connectivity index (χ1n) is 8.45. The summed E-state index contributed by atoms with van der Waals surface area (Å²) in [5.41, 5.74) is -1.28. The Morgan fingerprint density at radius 2 is 1.70 bits per heavy atom. The summed E-state index contributed by atoms with van der Waals surface area (Å²) in [6.07, 6.45) is -5.20. The van der Waals surface area contributed by atoms with Crippen LogP contribution in [-0.2, 0) is 12.6 Å². The number of thiophene rings is 1. The predicted molar refractivity (Wildman–Crippen MR) is 99.8 cm³/mol. The molecule has 2 aromatic carbocycles. The fraction of sp³-hybridized carbons (Fsp3) is 0.0952. The molecule has 9 heteroatoms. The number of nitrogens with zero attached hydrogens (tertiary/aromatic N) is 1. The molecule has 0 radical (unpaired) electrons. The van der Waals surface area contributed by atoms with E-state index in [1.165, 1.54) is 6.07 Å². The Kier molecular flexibility index (Phi) is 4.55. The van der Waals surface area contributed by atoms with Crippen molar-refractivity contribution in [3.63, 3.8) is 0 Å². The minimum atomic E-state index is -4.80. The first-order valence-corrected chi connectivity index (χ1v) is 9.33. The fourth-order valence-electron chi connectivity index (χ4n) is 3.65. The molecule has 152 valence electrons. The van der Waals surface area contributed by atoms with Gasteiger partial charge in [0.2, 0.25) is 5.82 Å². The molecular formula is C21H10F5NO2S. The van der Waals surface area contributed by atoms with Gasteiger partial charge >= 0.3 is 6.18 Å². The maximum atomic E-state index is 14.6. The van der Waals surface area contributed by atoms with Gasteiger partial charge in [-0.2, -0.15) is 22.8 Å². The lowest BCUT2D eigenvalue weighted by Crippen LogP contribution is -2.09. The highest BCUT2D eigenvalue weighted by Crippen LogP contribution is 2.49. The number of hydrogen-bond donors (Lipinski definition) is 2. The second-order valence-corrected chi connectivity index (χ2v) is 7.50. The van der Waals surface area contributed by atoms with Crippen LogP contribution in [0.2, 0.25) is 0 Å². The normalized spacial score (nSPS) is 13.5. The number of allylic oxidation sites excluding steroid dienone is 1. The molecule has 3 aromatic rings. The molecular weight excluding hydrogens is 425 g/mol. The lowest BCUT2D eigenvalue weighted by Gasteiger charge is -2.14. The van der Waals surface area contributed by atoms with E-state index in [1.807, 2.05) is 6.07 Å². The van der Waals surface area contributed by atoms with E-state index in [0.29, 0.717) is 6.07 Å². The molecule has 1 aromatic heterocycles. The molecule has 1 heterocycles. The highest BCUT2D eigenvalue weighted by molar-refractivity contribution is 7.10. The first-order chi connectivity index (χ1) is 14.1. The molecule has 2 N–H and O–H groups in total.